The second-order valence-electron chi connectivity index (χ2n) is 4.76. The van der Waals surface area contributed by atoms with Gasteiger partial charge in [-0.1, -0.05) is 13.8 Å². The minimum Gasteiger partial charge on any atom is -0.242 e. The van der Waals surface area contributed by atoms with Gasteiger partial charge < -0.3 is 0 Å². The zero-order chi connectivity index (χ0) is 12.3. The van der Waals surface area contributed by atoms with Crippen LogP contribution in [0, 0.1) is 6.92 Å². The monoisotopic (exact) mass is 228 g/mol. The van der Waals surface area contributed by atoms with Gasteiger partial charge in [-0.15, -0.1) is 0 Å². The molecule has 2 rings (SSSR count). The molecule has 2 aromatic rings. The fourth-order valence-electron chi connectivity index (χ4n) is 1.81. The Labute approximate surface area is 101 Å². The van der Waals surface area contributed by atoms with E-state index in [1.165, 1.54) is 0 Å². The molecule has 2 heterocycles. The SMILES string of the molecule is Cc1nccc(CC(C)(C)c2cccnn2)n1. The Balaban J connectivity index is 2.23. The zero-order valence-corrected chi connectivity index (χ0v) is 10.4. The fraction of sp³-hybridized carbons (Fsp3) is 0.385. The van der Waals surface area contributed by atoms with Gasteiger partial charge in [0.2, 0.25) is 0 Å². The molecule has 2 aromatic heterocycles. The fourth-order valence-corrected chi connectivity index (χ4v) is 1.81. The first-order valence-electron chi connectivity index (χ1n) is 5.65. The second-order valence-corrected chi connectivity index (χ2v) is 4.76. The van der Waals surface area contributed by atoms with Crippen LogP contribution in [0.5, 0.6) is 0 Å². The van der Waals surface area contributed by atoms with Gasteiger partial charge in [-0.05, 0) is 25.1 Å². The Bertz CT molecular complexity index is 494. The molecule has 0 atom stereocenters. The minimum absolute atomic E-state index is 0.0744. The summed E-state index contributed by atoms with van der Waals surface area (Å²) in [7, 11) is 0. The maximum atomic E-state index is 4.42. The third-order valence-corrected chi connectivity index (χ3v) is 2.72. The molecule has 17 heavy (non-hydrogen) atoms. The van der Waals surface area contributed by atoms with E-state index in [2.05, 4.69) is 34.0 Å². The van der Waals surface area contributed by atoms with Crippen molar-refractivity contribution in [2.45, 2.75) is 32.6 Å². The lowest BCUT2D eigenvalue weighted by Gasteiger charge is -2.22. The molecule has 4 nitrogen and oxygen atoms in total. The second kappa shape index (κ2) is 4.57. The third kappa shape index (κ3) is 2.84. The van der Waals surface area contributed by atoms with Crippen molar-refractivity contribution in [1.82, 2.24) is 20.2 Å². The Morgan fingerprint density at radius 1 is 1.18 bits per heavy atom. The lowest BCUT2D eigenvalue weighted by Crippen LogP contribution is -2.23. The van der Waals surface area contributed by atoms with Crippen LogP contribution in [0.2, 0.25) is 0 Å². The van der Waals surface area contributed by atoms with Gasteiger partial charge in [0.05, 0.1) is 5.69 Å². The van der Waals surface area contributed by atoms with Crippen LogP contribution >= 0.6 is 0 Å². The largest absolute Gasteiger partial charge is 0.242 e. The summed E-state index contributed by atoms with van der Waals surface area (Å²) >= 11 is 0. The van der Waals surface area contributed by atoms with Crippen molar-refractivity contribution in [3.63, 3.8) is 0 Å². The van der Waals surface area contributed by atoms with Crippen LogP contribution in [0.3, 0.4) is 0 Å². The molecule has 0 N–H and O–H groups in total. The average Bonchev–Trinajstić information content (AvgIpc) is 2.29. The Morgan fingerprint density at radius 2 is 2.00 bits per heavy atom. The van der Waals surface area contributed by atoms with Gasteiger partial charge in [-0.2, -0.15) is 10.2 Å². The van der Waals surface area contributed by atoms with Crippen molar-refractivity contribution in [2.75, 3.05) is 0 Å². The van der Waals surface area contributed by atoms with E-state index < -0.39 is 0 Å². The van der Waals surface area contributed by atoms with E-state index in [9.17, 15) is 0 Å². The number of hydrogen-bond donors (Lipinski definition) is 0. The molecule has 0 spiro atoms. The maximum absolute atomic E-state index is 4.42. The number of aryl methyl sites for hydroxylation is 1. The lowest BCUT2D eigenvalue weighted by molar-refractivity contribution is 0.491. The van der Waals surface area contributed by atoms with Gasteiger partial charge >= 0.3 is 0 Å². The molecule has 0 aliphatic carbocycles. The Morgan fingerprint density at radius 3 is 2.65 bits per heavy atom. The first kappa shape index (κ1) is 11.6. The van der Waals surface area contributed by atoms with Crippen LogP contribution in [0.1, 0.15) is 31.1 Å². The Kier molecular flexibility index (Phi) is 3.13. The molecular formula is C13H16N4. The zero-order valence-electron chi connectivity index (χ0n) is 10.4. The van der Waals surface area contributed by atoms with Gasteiger partial charge in [0.25, 0.3) is 0 Å². The highest BCUT2D eigenvalue weighted by Gasteiger charge is 2.23. The summed E-state index contributed by atoms with van der Waals surface area (Å²) in [6.45, 7) is 6.20. The van der Waals surface area contributed by atoms with Crippen molar-refractivity contribution < 1.29 is 0 Å². The predicted molar refractivity (Wildman–Crippen MR) is 65.5 cm³/mol. The smallest absolute Gasteiger partial charge is 0.125 e. The number of aromatic nitrogens is 4. The van der Waals surface area contributed by atoms with Crippen molar-refractivity contribution in [1.29, 1.82) is 0 Å². The van der Waals surface area contributed by atoms with E-state index in [0.29, 0.717) is 0 Å². The van der Waals surface area contributed by atoms with Crippen LogP contribution in [0.25, 0.3) is 0 Å². The average molecular weight is 228 g/mol. The van der Waals surface area contributed by atoms with Crippen molar-refractivity contribution in [2.24, 2.45) is 0 Å². The predicted octanol–water partition coefficient (Wildman–Crippen LogP) is 2.10. The molecule has 4 heteroatoms. The first-order chi connectivity index (χ1) is 8.08. The molecule has 0 radical (unpaired) electrons. The topological polar surface area (TPSA) is 51.6 Å². The molecule has 0 fully saturated rings. The molecule has 0 unspecified atom stereocenters. The molecule has 0 bridgehead atoms. The Hall–Kier alpha value is -1.84. The molecule has 0 saturated heterocycles. The van der Waals surface area contributed by atoms with Crippen LogP contribution < -0.4 is 0 Å². The van der Waals surface area contributed by atoms with Crippen LogP contribution in [-0.2, 0) is 11.8 Å². The van der Waals surface area contributed by atoms with Crippen molar-refractivity contribution >= 4 is 0 Å². The first-order valence-corrected chi connectivity index (χ1v) is 5.65. The minimum atomic E-state index is -0.0744. The normalized spacial score (nSPS) is 11.5. The highest BCUT2D eigenvalue weighted by molar-refractivity contribution is 5.17. The van der Waals surface area contributed by atoms with Gasteiger partial charge in [0, 0.05) is 29.9 Å². The van der Waals surface area contributed by atoms with Crippen molar-refractivity contribution in [3.05, 3.63) is 47.8 Å². The molecule has 0 saturated carbocycles. The van der Waals surface area contributed by atoms with E-state index in [4.69, 9.17) is 0 Å². The van der Waals surface area contributed by atoms with E-state index >= 15 is 0 Å². The molecule has 88 valence electrons. The highest BCUT2D eigenvalue weighted by atomic mass is 15.1. The highest BCUT2D eigenvalue weighted by Crippen LogP contribution is 2.24. The lowest BCUT2D eigenvalue weighted by atomic mass is 9.84. The molecule has 0 aliphatic rings. The summed E-state index contributed by atoms with van der Waals surface area (Å²) in [4.78, 5) is 8.53. The summed E-state index contributed by atoms with van der Waals surface area (Å²) in [5.74, 6) is 0.803. The summed E-state index contributed by atoms with van der Waals surface area (Å²) in [6.07, 6.45) is 4.31. The van der Waals surface area contributed by atoms with E-state index in [0.717, 1.165) is 23.6 Å². The van der Waals surface area contributed by atoms with Gasteiger partial charge in [0.1, 0.15) is 5.82 Å². The van der Waals surface area contributed by atoms with Gasteiger partial charge in [-0.25, -0.2) is 9.97 Å². The van der Waals surface area contributed by atoms with E-state index in [-0.39, 0.29) is 5.41 Å². The third-order valence-electron chi connectivity index (χ3n) is 2.72. The van der Waals surface area contributed by atoms with E-state index in [1.807, 2.05) is 25.1 Å². The summed E-state index contributed by atoms with van der Waals surface area (Å²) in [5, 5.41) is 8.10. The maximum Gasteiger partial charge on any atom is 0.125 e. The number of hydrogen-bond acceptors (Lipinski definition) is 4. The summed E-state index contributed by atoms with van der Waals surface area (Å²) in [5.41, 5.74) is 1.94. The van der Waals surface area contributed by atoms with E-state index in [1.54, 1.807) is 12.4 Å². The van der Waals surface area contributed by atoms with Gasteiger partial charge in [-0.3, -0.25) is 0 Å². The molecule has 0 aliphatic heterocycles. The van der Waals surface area contributed by atoms with Crippen LogP contribution in [0.15, 0.2) is 30.6 Å². The molecular weight excluding hydrogens is 212 g/mol. The quantitative estimate of drug-likeness (QED) is 0.807. The standard InChI is InChI=1S/C13H16N4/c1-10-14-8-6-11(16-10)9-13(2,3)12-5-4-7-15-17-12/h4-8H,9H2,1-3H3. The van der Waals surface area contributed by atoms with Gasteiger partial charge in [0.15, 0.2) is 0 Å². The van der Waals surface area contributed by atoms with Crippen molar-refractivity contribution in [3.8, 4) is 0 Å². The molecule has 0 aromatic carbocycles. The summed E-state index contributed by atoms with van der Waals surface area (Å²) < 4.78 is 0. The number of rotatable bonds is 3. The van der Waals surface area contributed by atoms with Crippen LogP contribution in [0.4, 0.5) is 0 Å². The summed E-state index contributed by atoms with van der Waals surface area (Å²) in [6, 6.07) is 5.86. The molecule has 0 amide bonds. The van der Waals surface area contributed by atoms with Crippen LogP contribution in [-0.4, -0.2) is 20.2 Å². The number of nitrogens with zero attached hydrogens (tertiary/aromatic N) is 4.